The molecule has 0 amide bonds. The Kier molecular flexibility index (Phi) is 5.77. The number of thiazole rings is 1. The summed E-state index contributed by atoms with van der Waals surface area (Å²) in [4.78, 5) is 31.0. The number of hydrogen-bond acceptors (Lipinski definition) is 5. The van der Waals surface area contributed by atoms with Crippen LogP contribution in [0.2, 0.25) is 5.02 Å². The number of carbonyl (C=O) groups is 1. The van der Waals surface area contributed by atoms with Crippen LogP contribution >= 0.6 is 38.9 Å². The summed E-state index contributed by atoms with van der Waals surface area (Å²) in [6, 6.07) is 14.1. The van der Waals surface area contributed by atoms with E-state index >= 15 is 0 Å². The average Bonchev–Trinajstić information content (AvgIpc) is 3.03. The quantitative estimate of drug-likeness (QED) is 0.511. The predicted octanol–water partition coefficient (Wildman–Crippen LogP) is 3.82. The van der Waals surface area contributed by atoms with Crippen LogP contribution in [-0.2, 0) is 9.53 Å². The van der Waals surface area contributed by atoms with Crippen LogP contribution in [0.25, 0.3) is 6.08 Å². The van der Waals surface area contributed by atoms with Crippen LogP contribution in [0.3, 0.4) is 0 Å². The van der Waals surface area contributed by atoms with E-state index in [0.29, 0.717) is 25.6 Å². The molecule has 0 fully saturated rings. The molecule has 1 aliphatic heterocycles. The highest BCUT2D eigenvalue weighted by atomic mass is 79.9. The highest BCUT2D eigenvalue weighted by Gasteiger charge is 2.32. The Balaban J connectivity index is 1.96. The van der Waals surface area contributed by atoms with Gasteiger partial charge in [0, 0.05) is 9.50 Å². The Morgan fingerprint density at radius 1 is 1.20 bits per heavy atom. The standard InChI is InChI=1S/C22H16BrClN2O3S/c1-12-18(21(28)29-2)19(14-5-9-16(24)10-6-14)26-20(27)17(30-22(26)25-12)11-13-3-7-15(23)8-4-13/h3-11,19H,1-2H3. The Morgan fingerprint density at radius 2 is 1.87 bits per heavy atom. The number of esters is 1. The van der Waals surface area contributed by atoms with Gasteiger partial charge in [-0.05, 0) is 48.4 Å². The monoisotopic (exact) mass is 502 g/mol. The molecule has 0 radical (unpaired) electrons. The maximum atomic E-state index is 13.4. The zero-order valence-corrected chi connectivity index (χ0v) is 19.2. The third kappa shape index (κ3) is 3.80. The van der Waals surface area contributed by atoms with Crippen LogP contribution in [0.5, 0.6) is 0 Å². The third-order valence-corrected chi connectivity index (χ3v) is 6.54. The summed E-state index contributed by atoms with van der Waals surface area (Å²) in [6.07, 6.45) is 1.83. The van der Waals surface area contributed by atoms with E-state index in [9.17, 15) is 9.59 Å². The van der Waals surface area contributed by atoms with Crippen molar-refractivity contribution in [2.75, 3.05) is 7.11 Å². The van der Waals surface area contributed by atoms with Gasteiger partial charge in [-0.15, -0.1) is 0 Å². The Morgan fingerprint density at radius 3 is 2.50 bits per heavy atom. The molecule has 0 aliphatic carbocycles. The number of aromatic nitrogens is 1. The molecule has 2 aromatic carbocycles. The van der Waals surface area contributed by atoms with Crippen LogP contribution in [0, 0.1) is 0 Å². The Hall–Kier alpha value is -2.48. The van der Waals surface area contributed by atoms with E-state index in [2.05, 4.69) is 20.9 Å². The lowest BCUT2D eigenvalue weighted by atomic mass is 9.96. The number of fused-ring (bicyclic) bond motifs is 1. The van der Waals surface area contributed by atoms with Crippen molar-refractivity contribution in [2.45, 2.75) is 13.0 Å². The van der Waals surface area contributed by atoms with Gasteiger partial charge in [-0.2, -0.15) is 0 Å². The summed E-state index contributed by atoms with van der Waals surface area (Å²) in [5.41, 5.74) is 2.30. The SMILES string of the molecule is COC(=O)C1=C(C)N=c2sc(=Cc3ccc(Br)cc3)c(=O)n2C1c1ccc(Cl)cc1. The molecule has 2 heterocycles. The lowest BCUT2D eigenvalue weighted by Crippen LogP contribution is -2.39. The first-order chi connectivity index (χ1) is 14.4. The van der Waals surface area contributed by atoms with E-state index in [1.807, 2.05) is 30.3 Å². The molecular formula is C22H16BrClN2O3S. The molecule has 4 rings (SSSR count). The lowest BCUT2D eigenvalue weighted by Gasteiger charge is -2.24. The van der Waals surface area contributed by atoms with Crippen LogP contribution in [0.4, 0.5) is 0 Å². The number of rotatable bonds is 3. The van der Waals surface area contributed by atoms with Crippen molar-refractivity contribution >= 4 is 50.9 Å². The molecule has 1 unspecified atom stereocenters. The molecule has 8 heteroatoms. The molecule has 1 atom stereocenters. The van der Waals surface area contributed by atoms with Crippen molar-refractivity contribution in [3.8, 4) is 0 Å². The van der Waals surface area contributed by atoms with Gasteiger partial charge in [0.05, 0.1) is 29.0 Å². The number of carbonyl (C=O) groups excluding carboxylic acids is 1. The number of methoxy groups -OCH3 is 1. The maximum absolute atomic E-state index is 13.4. The zero-order valence-electron chi connectivity index (χ0n) is 16.1. The van der Waals surface area contributed by atoms with Gasteiger partial charge in [-0.3, -0.25) is 9.36 Å². The first-order valence-corrected chi connectivity index (χ1v) is 11.0. The Labute approximate surface area is 189 Å². The summed E-state index contributed by atoms with van der Waals surface area (Å²) in [5.74, 6) is -0.515. The van der Waals surface area contributed by atoms with Crippen LogP contribution in [-0.4, -0.2) is 17.6 Å². The second-order valence-corrected chi connectivity index (χ2v) is 9.04. The highest BCUT2D eigenvalue weighted by molar-refractivity contribution is 9.10. The van der Waals surface area contributed by atoms with Crippen molar-refractivity contribution in [3.63, 3.8) is 0 Å². The number of benzene rings is 2. The normalized spacial score (nSPS) is 16.3. The van der Waals surface area contributed by atoms with Crippen molar-refractivity contribution < 1.29 is 9.53 Å². The predicted molar refractivity (Wildman–Crippen MR) is 121 cm³/mol. The van der Waals surface area contributed by atoms with Gasteiger partial charge in [-0.25, -0.2) is 9.79 Å². The van der Waals surface area contributed by atoms with Crippen molar-refractivity contribution in [1.82, 2.24) is 4.57 Å². The number of hydrogen-bond donors (Lipinski definition) is 0. The van der Waals surface area contributed by atoms with E-state index in [4.69, 9.17) is 16.3 Å². The topological polar surface area (TPSA) is 60.7 Å². The Bertz CT molecular complexity index is 1340. The molecule has 5 nitrogen and oxygen atoms in total. The molecule has 0 spiro atoms. The zero-order chi connectivity index (χ0) is 21.4. The van der Waals surface area contributed by atoms with E-state index in [1.165, 1.54) is 18.4 Å². The molecule has 0 N–H and O–H groups in total. The van der Waals surface area contributed by atoms with Gasteiger partial charge in [-0.1, -0.05) is 63.1 Å². The maximum Gasteiger partial charge on any atom is 0.338 e. The smallest absolute Gasteiger partial charge is 0.338 e. The summed E-state index contributed by atoms with van der Waals surface area (Å²) in [7, 11) is 1.32. The minimum absolute atomic E-state index is 0.212. The number of ether oxygens (including phenoxy) is 1. The first-order valence-electron chi connectivity index (χ1n) is 9.01. The average molecular weight is 504 g/mol. The fraction of sp³-hybridized carbons (Fsp3) is 0.136. The summed E-state index contributed by atoms with van der Waals surface area (Å²) >= 11 is 10.8. The molecule has 1 aliphatic rings. The lowest BCUT2D eigenvalue weighted by molar-refractivity contribution is -0.136. The van der Waals surface area contributed by atoms with E-state index in [0.717, 1.165) is 15.6 Å². The van der Waals surface area contributed by atoms with Gasteiger partial charge >= 0.3 is 5.97 Å². The molecular weight excluding hydrogens is 488 g/mol. The van der Waals surface area contributed by atoms with Crippen molar-refractivity contribution in [3.05, 3.63) is 100 Å². The van der Waals surface area contributed by atoms with Crippen LogP contribution in [0.15, 0.2) is 74.1 Å². The molecule has 0 saturated heterocycles. The van der Waals surface area contributed by atoms with E-state index < -0.39 is 12.0 Å². The molecule has 1 aromatic heterocycles. The molecule has 152 valence electrons. The van der Waals surface area contributed by atoms with Crippen molar-refractivity contribution in [1.29, 1.82) is 0 Å². The second kappa shape index (κ2) is 8.34. The minimum atomic E-state index is -0.641. The fourth-order valence-electron chi connectivity index (χ4n) is 3.36. The van der Waals surface area contributed by atoms with Crippen molar-refractivity contribution in [2.24, 2.45) is 4.99 Å². The van der Waals surface area contributed by atoms with Gasteiger partial charge in [0.1, 0.15) is 0 Å². The summed E-state index contributed by atoms with van der Waals surface area (Å²) in [6.45, 7) is 1.75. The van der Waals surface area contributed by atoms with Gasteiger partial charge in [0.15, 0.2) is 4.80 Å². The summed E-state index contributed by atoms with van der Waals surface area (Å²) in [5, 5.41) is 0.571. The highest BCUT2D eigenvalue weighted by Crippen LogP contribution is 2.31. The molecule has 0 bridgehead atoms. The summed E-state index contributed by atoms with van der Waals surface area (Å²) < 4.78 is 8.05. The minimum Gasteiger partial charge on any atom is -0.466 e. The van der Waals surface area contributed by atoms with Gasteiger partial charge in [0.2, 0.25) is 0 Å². The fourth-order valence-corrected chi connectivity index (χ4v) is 4.80. The van der Waals surface area contributed by atoms with E-state index in [-0.39, 0.29) is 5.56 Å². The first kappa shape index (κ1) is 20.8. The third-order valence-electron chi connectivity index (χ3n) is 4.78. The molecule has 30 heavy (non-hydrogen) atoms. The van der Waals surface area contributed by atoms with Gasteiger partial charge < -0.3 is 4.74 Å². The molecule has 3 aromatic rings. The largest absolute Gasteiger partial charge is 0.466 e. The number of halogens is 2. The molecule has 0 saturated carbocycles. The number of allylic oxidation sites excluding steroid dienone is 1. The van der Waals surface area contributed by atoms with E-state index in [1.54, 1.807) is 35.8 Å². The van der Waals surface area contributed by atoms with Gasteiger partial charge in [0.25, 0.3) is 5.56 Å². The van der Waals surface area contributed by atoms with Crippen LogP contribution < -0.4 is 14.9 Å². The van der Waals surface area contributed by atoms with Crippen LogP contribution in [0.1, 0.15) is 24.1 Å². The number of nitrogens with zero attached hydrogens (tertiary/aromatic N) is 2. The second-order valence-electron chi connectivity index (χ2n) is 6.68.